The fraction of sp³-hybridized carbons (Fsp3) is 0.333. The predicted octanol–water partition coefficient (Wildman–Crippen LogP) is 3.12. The maximum Gasteiger partial charge on any atom is 0.263 e. The Bertz CT molecular complexity index is 406. The lowest BCUT2D eigenvalue weighted by atomic mass is 10.1. The Morgan fingerprint density at radius 3 is 2.41 bits per heavy atom. The van der Waals surface area contributed by atoms with Crippen molar-refractivity contribution in [1.29, 1.82) is 0 Å². The molecule has 1 saturated heterocycles. The predicted molar refractivity (Wildman–Crippen MR) is 73.4 cm³/mol. The van der Waals surface area contributed by atoms with Crippen LogP contribution in [0.3, 0.4) is 0 Å². The molecule has 0 atom stereocenters. The Morgan fingerprint density at radius 1 is 1.35 bits per heavy atom. The zero-order valence-corrected chi connectivity index (χ0v) is 11.8. The van der Waals surface area contributed by atoms with E-state index >= 15 is 0 Å². The van der Waals surface area contributed by atoms with E-state index in [1.807, 2.05) is 11.4 Å². The van der Waals surface area contributed by atoms with Gasteiger partial charge in [-0.2, -0.15) is 0 Å². The maximum absolute atomic E-state index is 11.9. The van der Waals surface area contributed by atoms with Crippen LogP contribution >= 0.6 is 27.3 Å². The van der Waals surface area contributed by atoms with Crippen LogP contribution in [-0.2, 0) is 4.79 Å². The third kappa shape index (κ3) is 3.78. The Balaban J connectivity index is 0.000000686. The van der Waals surface area contributed by atoms with Crippen LogP contribution in [-0.4, -0.2) is 29.7 Å². The van der Waals surface area contributed by atoms with Gasteiger partial charge in [0.1, 0.15) is 5.78 Å². The van der Waals surface area contributed by atoms with Gasteiger partial charge in [-0.15, -0.1) is 24.5 Å². The third-order valence-electron chi connectivity index (χ3n) is 2.39. The molecule has 1 aromatic heterocycles. The average Bonchev–Trinajstić information content (AvgIpc) is 2.79. The van der Waals surface area contributed by atoms with Crippen LogP contribution in [0.15, 0.2) is 29.1 Å². The first-order chi connectivity index (χ1) is 8.16. The van der Waals surface area contributed by atoms with E-state index in [1.165, 1.54) is 11.3 Å². The molecule has 1 aromatic rings. The summed E-state index contributed by atoms with van der Waals surface area (Å²) in [5.41, 5.74) is 0. The molecule has 0 unspecified atom stereocenters. The third-order valence-corrected chi connectivity index (χ3v) is 4.07. The summed E-state index contributed by atoms with van der Waals surface area (Å²) in [7, 11) is 0. The Kier molecular flexibility index (Phi) is 5.58. The number of hydrogen-bond acceptors (Lipinski definition) is 3. The van der Waals surface area contributed by atoms with E-state index < -0.39 is 0 Å². The molecular weight excluding hydrogens is 302 g/mol. The standard InChI is InChI=1S/C10H10BrNO2S.C2H4/c11-7-5-9(15-6-7)10(14)12-3-1-8(13)2-4-12;1-2/h5-6H,1-4H2;1-2H2. The summed E-state index contributed by atoms with van der Waals surface area (Å²) in [5, 5.41) is 1.89. The van der Waals surface area contributed by atoms with Crippen molar-refractivity contribution in [1.82, 2.24) is 4.90 Å². The van der Waals surface area contributed by atoms with E-state index in [4.69, 9.17) is 0 Å². The summed E-state index contributed by atoms with van der Waals surface area (Å²) in [6, 6.07) is 1.82. The smallest absolute Gasteiger partial charge is 0.263 e. The van der Waals surface area contributed by atoms with Gasteiger partial charge < -0.3 is 4.90 Å². The summed E-state index contributed by atoms with van der Waals surface area (Å²) in [4.78, 5) is 25.4. The van der Waals surface area contributed by atoms with E-state index in [9.17, 15) is 9.59 Å². The molecule has 0 radical (unpaired) electrons. The van der Waals surface area contributed by atoms with E-state index in [1.54, 1.807) is 4.90 Å². The van der Waals surface area contributed by atoms with Gasteiger partial charge >= 0.3 is 0 Å². The van der Waals surface area contributed by atoms with Gasteiger partial charge in [-0.05, 0) is 22.0 Å². The number of likely N-dealkylation sites (tertiary alicyclic amines) is 1. The molecule has 1 fully saturated rings. The molecule has 0 spiro atoms. The molecule has 2 heterocycles. The van der Waals surface area contributed by atoms with Crippen LogP contribution in [0.4, 0.5) is 0 Å². The highest BCUT2D eigenvalue weighted by atomic mass is 79.9. The number of piperidine rings is 1. The molecule has 92 valence electrons. The fourth-order valence-electron chi connectivity index (χ4n) is 1.54. The second-order valence-corrected chi connectivity index (χ2v) is 5.29. The van der Waals surface area contributed by atoms with Gasteiger partial charge in [0.25, 0.3) is 5.91 Å². The lowest BCUT2D eigenvalue weighted by molar-refractivity contribution is -0.120. The largest absolute Gasteiger partial charge is 0.337 e. The molecule has 3 nitrogen and oxygen atoms in total. The summed E-state index contributed by atoms with van der Waals surface area (Å²) in [6.07, 6.45) is 0.997. The number of halogens is 1. The number of amides is 1. The van der Waals surface area contributed by atoms with Gasteiger partial charge in [-0.3, -0.25) is 9.59 Å². The minimum atomic E-state index is 0.0400. The number of Topliss-reactive ketones (excluding diaryl/α,β-unsaturated/α-hetero) is 1. The van der Waals surface area contributed by atoms with Crippen LogP contribution in [0, 0.1) is 0 Å². The Labute approximate surface area is 113 Å². The molecule has 2 rings (SSSR count). The van der Waals surface area contributed by atoms with Crippen molar-refractivity contribution in [3.63, 3.8) is 0 Å². The van der Waals surface area contributed by atoms with E-state index in [0.29, 0.717) is 25.9 Å². The fourth-order valence-corrected chi connectivity index (χ4v) is 2.93. The lowest BCUT2D eigenvalue weighted by Crippen LogP contribution is -2.38. The minimum Gasteiger partial charge on any atom is -0.337 e. The van der Waals surface area contributed by atoms with Crippen molar-refractivity contribution in [3.8, 4) is 0 Å². The molecule has 0 N–H and O–H groups in total. The number of hydrogen-bond donors (Lipinski definition) is 0. The van der Waals surface area contributed by atoms with Gasteiger partial charge in [0.05, 0.1) is 4.88 Å². The molecule has 0 saturated carbocycles. The van der Waals surface area contributed by atoms with Crippen molar-refractivity contribution in [2.45, 2.75) is 12.8 Å². The van der Waals surface area contributed by atoms with Crippen LogP contribution in [0.2, 0.25) is 0 Å². The summed E-state index contributed by atoms with van der Waals surface area (Å²) < 4.78 is 0.934. The lowest BCUT2D eigenvalue weighted by Gasteiger charge is -2.25. The zero-order valence-electron chi connectivity index (χ0n) is 9.45. The number of carbonyl (C=O) groups is 2. The molecule has 0 aliphatic carbocycles. The second kappa shape index (κ2) is 6.71. The number of thiophene rings is 1. The van der Waals surface area contributed by atoms with Crippen molar-refractivity contribution in [2.75, 3.05) is 13.1 Å². The maximum atomic E-state index is 11.9. The first-order valence-electron chi connectivity index (χ1n) is 5.22. The Morgan fingerprint density at radius 2 is 1.94 bits per heavy atom. The first kappa shape index (κ1) is 14.1. The van der Waals surface area contributed by atoms with Gasteiger partial charge in [-0.1, -0.05) is 0 Å². The molecular formula is C12H14BrNO2S. The summed E-state index contributed by atoms with van der Waals surface area (Å²) in [6.45, 7) is 7.13. The van der Waals surface area contributed by atoms with E-state index in [-0.39, 0.29) is 11.7 Å². The quantitative estimate of drug-likeness (QED) is 0.747. The highest BCUT2D eigenvalue weighted by molar-refractivity contribution is 9.10. The Hall–Kier alpha value is -0.940. The highest BCUT2D eigenvalue weighted by Crippen LogP contribution is 2.22. The summed E-state index contributed by atoms with van der Waals surface area (Å²) in [5.74, 6) is 0.296. The average molecular weight is 316 g/mol. The minimum absolute atomic E-state index is 0.0400. The van der Waals surface area contributed by atoms with Crippen LogP contribution in [0.25, 0.3) is 0 Å². The van der Waals surface area contributed by atoms with Gasteiger partial charge in [-0.25, -0.2) is 0 Å². The number of rotatable bonds is 1. The van der Waals surface area contributed by atoms with Crippen LogP contribution in [0.5, 0.6) is 0 Å². The van der Waals surface area contributed by atoms with Crippen molar-refractivity contribution in [2.24, 2.45) is 0 Å². The first-order valence-corrected chi connectivity index (χ1v) is 6.89. The second-order valence-electron chi connectivity index (χ2n) is 3.46. The molecule has 1 aliphatic rings. The van der Waals surface area contributed by atoms with Gasteiger partial charge in [0.15, 0.2) is 0 Å². The van der Waals surface area contributed by atoms with Crippen LogP contribution in [0.1, 0.15) is 22.5 Å². The van der Waals surface area contributed by atoms with Crippen LogP contribution < -0.4 is 0 Å². The molecule has 17 heavy (non-hydrogen) atoms. The molecule has 1 amide bonds. The van der Waals surface area contributed by atoms with Crippen molar-refractivity contribution in [3.05, 3.63) is 34.0 Å². The normalized spacial score (nSPS) is 15.1. The van der Waals surface area contributed by atoms with Crippen molar-refractivity contribution < 1.29 is 9.59 Å². The topological polar surface area (TPSA) is 37.4 Å². The zero-order chi connectivity index (χ0) is 12.8. The summed E-state index contributed by atoms with van der Waals surface area (Å²) >= 11 is 4.75. The van der Waals surface area contributed by atoms with E-state index in [2.05, 4.69) is 29.1 Å². The molecule has 0 bridgehead atoms. The van der Waals surface area contributed by atoms with E-state index in [0.717, 1.165) is 9.35 Å². The molecule has 5 heteroatoms. The van der Waals surface area contributed by atoms with Gasteiger partial charge in [0.2, 0.25) is 0 Å². The van der Waals surface area contributed by atoms with Gasteiger partial charge in [0, 0.05) is 35.8 Å². The SMILES string of the molecule is C=C.O=C1CCN(C(=O)c2cc(Br)cs2)CC1. The molecule has 1 aliphatic heterocycles. The van der Waals surface area contributed by atoms with Crippen molar-refractivity contribution >= 4 is 39.0 Å². The monoisotopic (exact) mass is 315 g/mol. The number of nitrogens with zero attached hydrogens (tertiary/aromatic N) is 1. The number of ketones is 1. The highest BCUT2D eigenvalue weighted by Gasteiger charge is 2.22. The molecule has 0 aromatic carbocycles. The number of carbonyl (C=O) groups excluding carboxylic acids is 2.